The van der Waals surface area contributed by atoms with E-state index in [2.05, 4.69) is 5.32 Å². The molecule has 5 rings (SSSR count). The Morgan fingerprint density at radius 3 is 2.32 bits per heavy atom. The van der Waals surface area contributed by atoms with Gasteiger partial charge >= 0.3 is 0 Å². The zero-order valence-corrected chi connectivity index (χ0v) is 21.0. The van der Waals surface area contributed by atoms with Crippen LogP contribution in [0.4, 0.5) is 10.1 Å². The number of methoxy groups -OCH3 is 1. The molecule has 2 aromatic rings. The van der Waals surface area contributed by atoms with Gasteiger partial charge in [0.05, 0.1) is 17.8 Å². The highest BCUT2D eigenvalue weighted by molar-refractivity contribution is 6.32. The molecular weight excluding hydrogens is 501 g/mol. The van der Waals surface area contributed by atoms with E-state index < -0.39 is 24.2 Å². The molecule has 192 valence electrons. The number of nitrogens with one attached hydrogen (secondary N) is 1. The fraction of sp³-hybridized carbons (Fsp3) is 0.321. The van der Waals surface area contributed by atoms with Crippen LogP contribution in [-0.4, -0.2) is 31.2 Å². The fourth-order valence-corrected chi connectivity index (χ4v) is 5.36. The van der Waals surface area contributed by atoms with Gasteiger partial charge in [0.2, 0.25) is 0 Å². The third-order valence-electron chi connectivity index (χ3n) is 6.72. The predicted molar refractivity (Wildman–Crippen MR) is 134 cm³/mol. The molecule has 2 aromatic carbocycles. The molecule has 0 spiro atoms. The molecule has 1 heterocycles. The van der Waals surface area contributed by atoms with Crippen molar-refractivity contribution in [2.75, 3.05) is 19.0 Å². The number of carbonyl (C=O) groups is 3. The van der Waals surface area contributed by atoms with Crippen molar-refractivity contribution in [2.24, 2.45) is 0 Å². The molecule has 0 aromatic heterocycles. The van der Waals surface area contributed by atoms with E-state index in [-0.39, 0.29) is 33.8 Å². The number of rotatable bonds is 6. The first-order valence-electron chi connectivity index (χ1n) is 12.1. The number of carbonyl (C=O) groups excluding carboxylic acids is 3. The maximum absolute atomic E-state index is 13.8. The van der Waals surface area contributed by atoms with Crippen LogP contribution in [0.2, 0.25) is 5.02 Å². The van der Waals surface area contributed by atoms with E-state index in [0.29, 0.717) is 66.8 Å². The molecule has 0 unspecified atom stereocenters. The fourth-order valence-electron chi connectivity index (χ4n) is 5.08. The molecule has 1 aliphatic heterocycles. The SMILES string of the molecule is COc1cc(C2C3=C(CCCC3=O)OC3=C2C(=O)CCC3)cc(Cl)c1OCC(=O)Nc1ccccc1F. The van der Waals surface area contributed by atoms with Crippen LogP contribution >= 0.6 is 11.6 Å². The van der Waals surface area contributed by atoms with Crippen molar-refractivity contribution < 1.29 is 33.0 Å². The van der Waals surface area contributed by atoms with Crippen molar-refractivity contribution in [3.05, 3.63) is 75.5 Å². The topological polar surface area (TPSA) is 90.9 Å². The van der Waals surface area contributed by atoms with Crippen molar-refractivity contribution >= 4 is 34.8 Å². The van der Waals surface area contributed by atoms with E-state index >= 15 is 0 Å². The zero-order valence-electron chi connectivity index (χ0n) is 20.2. The molecule has 1 amide bonds. The van der Waals surface area contributed by atoms with E-state index in [1.54, 1.807) is 18.2 Å². The number of halogens is 2. The first-order chi connectivity index (χ1) is 17.9. The second kappa shape index (κ2) is 10.4. The maximum Gasteiger partial charge on any atom is 0.262 e. The van der Waals surface area contributed by atoms with Gasteiger partial charge in [-0.15, -0.1) is 0 Å². The van der Waals surface area contributed by atoms with Crippen LogP contribution in [0.5, 0.6) is 11.5 Å². The van der Waals surface area contributed by atoms with Crippen LogP contribution in [0.15, 0.2) is 59.1 Å². The lowest BCUT2D eigenvalue weighted by Crippen LogP contribution is -2.30. The van der Waals surface area contributed by atoms with Crippen molar-refractivity contribution in [3.63, 3.8) is 0 Å². The Balaban J connectivity index is 1.46. The average molecular weight is 526 g/mol. The van der Waals surface area contributed by atoms with E-state index in [1.807, 2.05) is 0 Å². The van der Waals surface area contributed by atoms with Crippen LogP contribution < -0.4 is 14.8 Å². The predicted octanol–water partition coefficient (Wildman–Crippen LogP) is 5.63. The summed E-state index contributed by atoms with van der Waals surface area (Å²) in [6.07, 6.45) is 3.44. The van der Waals surface area contributed by atoms with E-state index in [1.165, 1.54) is 25.3 Å². The van der Waals surface area contributed by atoms with Gasteiger partial charge in [0, 0.05) is 42.7 Å². The Kier molecular flexibility index (Phi) is 7.02. The molecule has 2 aliphatic carbocycles. The summed E-state index contributed by atoms with van der Waals surface area (Å²) in [6, 6.07) is 9.10. The minimum absolute atomic E-state index is 0.0338. The summed E-state index contributed by atoms with van der Waals surface area (Å²) in [5, 5.41) is 2.60. The number of amides is 1. The number of para-hydroxylation sites is 1. The molecule has 0 saturated heterocycles. The third kappa shape index (κ3) is 4.85. The molecule has 9 heteroatoms. The van der Waals surface area contributed by atoms with Gasteiger partial charge < -0.3 is 19.5 Å². The van der Waals surface area contributed by atoms with Gasteiger partial charge in [0.25, 0.3) is 5.91 Å². The Bertz CT molecular complexity index is 1320. The standard InChI is InChI=1S/C28H25ClFNO6/c1-35-23-13-15(12-16(29)28(23)36-14-24(34)31-18-7-3-2-6-17(18)30)25-26-19(32)8-4-10-21(26)37-22-11-5-9-20(33)27(22)25/h2-3,6-7,12-13,25H,4-5,8-11,14H2,1H3,(H,31,34). The molecule has 37 heavy (non-hydrogen) atoms. The average Bonchev–Trinajstić information content (AvgIpc) is 2.88. The van der Waals surface area contributed by atoms with Crippen molar-refractivity contribution in [1.82, 2.24) is 0 Å². The number of ether oxygens (including phenoxy) is 3. The van der Waals surface area contributed by atoms with Gasteiger partial charge in [-0.2, -0.15) is 0 Å². The second-order valence-electron chi connectivity index (χ2n) is 9.11. The molecule has 7 nitrogen and oxygen atoms in total. The molecule has 1 N–H and O–H groups in total. The van der Waals surface area contributed by atoms with Crippen molar-refractivity contribution in [1.29, 1.82) is 0 Å². The Labute approximate surface area is 218 Å². The molecular formula is C28H25ClFNO6. The largest absolute Gasteiger partial charge is 0.493 e. The van der Waals surface area contributed by atoms with Crippen LogP contribution in [0, 0.1) is 5.82 Å². The highest BCUT2D eigenvalue weighted by Gasteiger charge is 2.42. The smallest absolute Gasteiger partial charge is 0.262 e. The third-order valence-corrected chi connectivity index (χ3v) is 7.00. The number of benzene rings is 2. The lowest BCUT2D eigenvalue weighted by Gasteiger charge is -2.36. The number of Topliss-reactive ketones (excluding diaryl/α,β-unsaturated/α-hetero) is 2. The second-order valence-corrected chi connectivity index (χ2v) is 9.52. The number of hydrogen-bond donors (Lipinski definition) is 1. The zero-order chi connectivity index (χ0) is 26.1. The minimum atomic E-state index is -0.607. The van der Waals surface area contributed by atoms with Gasteiger partial charge in [-0.3, -0.25) is 14.4 Å². The summed E-state index contributed by atoms with van der Waals surface area (Å²) in [7, 11) is 1.43. The number of allylic oxidation sites excluding steroid dienone is 4. The van der Waals surface area contributed by atoms with Gasteiger partial charge in [-0.25, -0.2) is 4.39 Å². The van der Waals surface area contributed by atoms with Crippen LogP contribution in [0.25, 0.3) is 0 Å². The van der Waals surface area contributed by atoms with E-state index in [0.717, 1.165) is 0 Å². The first-order valence-corrected chi connectivity index (χ1v) is 12.5. The highest BCUT2D eigenvalue weighted by Crippen LogP contribution is 2.50. The van der Waals surface area contributed by atoms with Gasteiger partial charge in [0.1, 0.15) is 17.3 Å². The van der Waals surface area contributed by atoms with Crippen molar-refractivity contribution in [3.8, 4) is 11.5 Å². The summed E-state index contributed by atoms with van der Waals surface area (Å²) >= 11 is 6.59. The number of ketones is 2. The summed E-state index contributed by atoms with van der Waals surface area (Å²) in [4.78, 5) is 38.4. The van der Waals surface area contributed by atoms with Crippen LogP contribution in [-0.2, 0) is 19.1 Å². The summed E-state index contributed by atoms with van der Waals surface area (Å²) in [5.41, 5.74) is 1.64. The quantitative estimate of drug-likeness (QED) is 0.525. The van der Waals surface area contributed by atoms with E-state index in [9.17, 15) is 18.8 Å². The monoisotopic (exact) mass is 525 g/mol. The normalized spacial score (nSPS) is 17.7. The molecule has 0 atom stereocenters. The Morgan fingerprint density at radius 2 is 1.70 bits per heavy atom. The maximum atomic E-state index is 13.8. The Hall–Kier alpha value is -3.65. The highest BCUT2D eigenvalue weighted by atomic mass is 35.5. The summed E-state index contributed by atoms with van der Waals surface area (Å²) < 4.78 is 31.1. The number of hydrogen-bond acceptors (Lipinski definition) is 6. The van der Waals surface area contributed by atoms with Gasteiger partial charge in [0.15, 0.2) is 29.7 Å². The molecule has 0 radical (unpaired) electrons. The van der Waals surface area contributed by atoms with Gasteiger partial charge in [-0.05, 0) is 42.7 Å². The van der Waals surface area contributed by atoms with Crippen LogP contribution in [0.3, 0.4) is 0 Å². The summed E-state index contributed by atoms with van der Waals surface area (Å²) in [5.74, 6) is -0.242. The lowest BCUT2D eigenvalue weighted by atomic mass is 9.73. The first kappa shape index (κ1) is 25.0. The van der Waals surface area contributed by atoms with E-state index in [4.69, 9.17) is 25.8 Å². The van der Waals surface area contributed by atoms with Gasteiger partial charge in [-0.1, -0.05) is 23.7 Å². The number of anilines is 1. The summed E-state index contributed by atoms with van der Waals surface area (Å²) in [6.45, 7) is -0.442. The Morgan fingerprint density at radius 1 is 1.05 bits per heavy atom. The van der Waals surface area contributed by atoms with Crippen LogP contribution in [0.1, 0.15) is 50.0 Å². The lowest BCUT2D eigenvalue weighted by molar-refractivity contribution is -0.119. The molecule has 3 aliphatic rings. The molecule has 0 saturated carbocycles. The minimum Gasteiger partial charge on any atom is -0.493 e. The van der Waals surface area contributed by atoms with Crippen molar-refractivity contribution in [2.45, 2.75) is 44.4 Å². The molecule has 0 fully saturated rings. The molecule has 0 bridgehead atoms.